The molecule has 0 aliphatic heterocycles. The second-order valence-electron chi connectivity index (χ2n) is 12.5. The van der Waals surface area contributed by atoms with Gasteiger partial charge in [0.25, 0.3) is 0 Å². The maximum absolute atomic E-state index is 9.91. The minimum Gasteiger partial charge on any atom is -0.411 e. The van der Waals surface area contributed by atoms with Crippen molar-refractivity contribution in [1.82, 2.24) is 0 Å². The summed E-state index contributed by atoms with van der Waals surface area (Å²) in [6, 6.07) is 0. The van der Waals surface area contributed by atoms with E-state index in [1.807, 2.05) is 0 Å². The summed E-state index contributed by atoms with van der Waals surface area (Å²) in [7, 11) is 0. The molecular formula is C27H47NO. The third-order valence-corrected chi connectivity index (χ3v) is 10.7. The molecule has 0 amide bonds. The highest BCUT2D eigenvalue weighted by molar-refractivity contribution is 5.88. The molecule has 4 aliphatic rings. The monoisotopic (exact) mass is 401 g/mol. The van der Waals surface area contributed by atoms with E-state index in [0.717, 1.165) is 41.9 Å². The molecule has 2 nitrogen and oxygen atoms in total. The van der Waals surface area contributed by atoms with E-state index in [0.29, 0.717) is 16.7 Å². The van der Waals surface area contributed by atoms with E-state index in [1.165, 1.54) is 76.3 Å². The standard InChI is InChI=1S/C27H47NO/c1-18(2)9-8-10-19(3)21-12-13-22-20-17-25(28-29)24-11-6-7-15-26(24,4)23(20)14-16-27(21,22)5/h18-24,29H,6-17H2,1-5H3/b28-25-/t19-,20+,21+,22-,23+,24-,26-,27+/m1/s1. The highest BCUT2D eigenvalue weighted by Gasteiger charge is 2.61. The summed E-state index contributed by atoms with van der Waals surface area (Å²) < 4.78 is 0. The number of fused-ring (bicyclic) bond motifs is 5. The summed E-state index contributed by atoms with van der Waals surface area (Å²) in [5, 5.41) is 13.8. The Bertz CT molecular complexity index is 612. The van der Waals surface area contributed by atoms with Gasteiger partial charge in [0.15, 0.2) is 0 Å². The number of nitrogens with zero attached hydrogens (tertiary/aromatic N) is 1. The molecule has 0 aromatic rings. The molecular weight excluding hydrogens is 354 g/mol. The van der Waals surface area contributed by atoms with Crippen LogP contribution in [0.25, 0.3) is 0 Å². The molecule has 0 bridgehead atoms. The molecule has 4 saturated carbocycles. The molecule has 4 aliphatic carbocycles. The zero-order valence-corrected chi connectivity index (χ0v) is 19.9. The largest absolute Gasteiger partial charge is 0.411 e. The summed E-state index contributed by atoms with van der Waals surface area (Å²) in [5.41, 5.74) is 2.09. The highest BCUT2D eigenvalue weighted by Crippen LogP contribution is 2.68. The zero-order valence-electron chi connectivity index (χ0n) is 19.9. The summed E-state index contributed by atoms with van der Waals surface area (Å²) >= 11 is 0. The van der Waals surface area contributed by atoms with Gasteiger partial charge in [-0.2, -0.15) is 0 Å². The summed E-state index contributed by atoms with van der Waals surface area (Å²) in [5.74, 6) is 5.67. The van der Waals surface area contributed by atoms with Gasteiger partial charge in [0, 0.05) is 5.92 Å². The molecule has 0 aromatic heterocycles. The maximum Gasteiger partial charge on any atom is 0.0610 e. The summed E-state index contributed by atoms with van der Waals surface area (Å²) in [6.07, 6.45) is 16.4. The average molecular weight is 402 g/mol. The van der Waals surface area contributed by atoms with Gasteiger partial charge in [-0.05, 0) is 91.3 Å². The Labute approximate surface area is 180 Å². The molecule has 0 unspecified atom stereocenters. The average Bonchev–Trinajstić information content (AvgIpc) is 3.04. The lowest BCUT2D eigenvalue weighted by molar-refractivity contribution is -0.0806. The zero-order chi connectivity index (χ0) is 20.8. The van der Waals surface area contributed by atoms with Crippen LogP contribution < -0.4 is 0 Å². The highest BCUT2D eigenvalue weighted by atomic mass is 16.4. The SMILES string of the molecule is CC(C)CCC[C@@H](C)[C@@H]1CC[C@@H]2[C@@H]3C/C(=N/O)[C@H]4CCCC[C@]4(C)[C@H]3CC[C@]21C. The van der Waals surface area contributed by atoms with Gasteiger partial charge >= 0.3 is 0 Å². The van der Waals surface area contributed by atoms with Gasteiger partial charge in [0.05, 0.1) is 5.71 Å². The normalized spacial score (nSPS) is 47.0. The molecule has 2 heteroatoms. The van der Waals surface area contributed by atoms with Crippen LogP contribution in [0.4, 0.5) is 0 Å². The Hall–Kier alpha value is -0.530. The Morgan fingerprint density at radius 1 is 0.931 bits per heavy atom. The van der Waals surface area contributed by atoms with E-state index in [2.05, 4.69) is 39.8 Å². The Balaban J connectivity index is 1.53. The van der Waals surface area contributed by atoms with Crippen molar-refractivity contribution in [3.05, 3.63) is 0 Å². The van der Waals surface area contributed by atoms with Crippen LogP contribution in [-0.4, -0.2) is 10.9 Å². The molecule has 0 saturated heterocycles. The van der Waals surface area contributed by atoms with Crippen molar-refractivity contribution in [1.29, 1.82) is 0 Å². The van der Waals surface area contributed by atoms with Gasteiger partial charge in [-0.1, -0.05) is 71.9 Å². The molecule has 0 radical (unpaired) electrons. The van der Waals surface area contributed by atoms with Crippen LogP contribution in [0.15, 0.2) is 5.16 Å². The third-order valence-electron chi connectivity index (χ3n) is 10.7. The Kier molecular flexibility index (Phi) is 6.13. The van der Waals surface area contributed by atoms with Gasteiger partial charge in [0.1, 0.15) is 0 Å². The quantitative estimate of drug-likeness (QED) is 0.368. The van der Waals surface area contributed by atoms with Gasteiger partial charge in [-0.15, -0.1) is 0 Å². The number of hydrogen-bond donors (Lipinski definition) is 1. The molecule has 4 fully saturated rings. The van der Waals surface area contributed by atoms with E-state index in [4.69, 9.17) is 0 Å². The maximum atomic E-state index is 9.91. The van der Waals surface area contributed by atoms with Crippen LogP contribution in [-0.2, 0) is 0 Å². The number of oxime groups is 1. The van der Waals surface area contributed by atoms with Crippen LogP contribution >= 0.6 is 0 Å². The number of rotatable bonds is 5. The molecule has 0 heterocycles. The molecule has 8 atom stereocenters. The lowest BCUT2D eigenvalue weighted by atomic mass is 9.44. The molecule has 4 rings (SSSR count). The first-order chi connectivity index (χ1) is 13.8. The first-order valence-electron chi connectivity index (χ1n) is 13.0. The first kappa shape index (κ1) is 21.7. The van der Waals surface area contributed by atoms with Gasteiger partial charge in [-0.25, -0.2) is 0 Å². The van der Waals surface area contributed by atoms with E-state index in [-0.39, 0.29) is 0 Å². The van der Waals surface area contributed by atoms with Gasteiger partial charge in [0.2, 0.25) is 0 Å². The minimum atomic E-state index is 0.394. The van der Waals surface area contributed by atoms with Gasteiger partial charge < -0.3 is 5.21 Å². The van der Waals surface area contributed by atoms with E-state index in [9.17, 15) is 5.21 Å². The van der Waals surface area contributed by atoms with Crippen molar-refractivity contribution in [3.8, 4) is 0 Å². The molecule has 29 heavy (non-hydrogen) atoms. The predicted molar refractivity (Wildman–Crippen MR) is 122 cm³/mol. The van der Waals surface area contributed by atoms with Crippen LogP contribution in [0.2, 0.25) is 0 Å². The smallest absolute Gasteiger partial charge is 0.0610 e. The fraction of sp³-hybridized carbons (Fsp3) is 0.963. The predicted octanol–water partition coefficient (Wildman–Crippen LogP) is 7.94. The second kappa shape index (κ2) is 8.19. The molecule has 166 valence electrons. The summed E-state index contributed by atoms with van der Waals surface area (Å²) in [6.45, 7) is 12.5. The van der Waals surface area contributed by atoms with Crippen LogP contribution in [0.1, 0.15) is 112 Å². The fourth-order valence-electron chi connectivity index (χ4n) is 9.26. The second-order valence-corrected chi connectivity index (χ2v) is 12.5. The topological polar surface area (TPSA) is 32.6 Å². The lowest BCUT2D eigenvalue weighted by Gasteiger charge is -2.60. The first-order valence-corrected chi connectivity index (χ1v) is 13.0. The molecule has 1 N–H and O–H groups in total. The molecule has 0 aromatic carbocycles. The van der Waals surface area contributed by atoms with Crippen LogP contribution in [0.3, 0.4) is 0 Å². The van der Waals surface area contributed by atoms with Crippen molar-refractivity contribution in [3.63, 3.8) is 0 Å². The van der Waals surface area contributed by atoms with Crippen molar-refractivity contribution in [2.75, 3.05) is 0 Å². The Morgan fingerprint density at radius 2 is 1.69 bits per heavy atom. The van der Waals surface area contributed by atoms with Gasteiger partial charge in [-0.3, -0.25) is 0 Å². The fourth-order valence-corrected chi connectivity index (χ4v) is 9.26. The van der Waals surface area contributed by atoms with Crippen LogP contribution in [0, 0.1) is 52.3 Å². The molecule has 0 spiro atoms. The minimum absolute atomic E-state index is 0.394. The number of hydrogen-bond acceptors (Lipinski definition) is 2. The van der Waals surface area contributed by atoms with E-state index < -0.39 is 0 Å². The third kappa shape index (κ3) is 3.59. The Morgan fingerprint density at radius 3 is 2.41 bits per heavy atom. The van der Waals surface area contributed by atoms with E-state index >= 15 is 0 Å². The summed E-state index contributed by atoms with van der Waals surface area (Å²) in [4.78, 5) is 0. The van der Waals surface area contributed by atoms with Crippen LogP contribution in [0.5, 0.6) is 0 Å². The van der Waals surface area contributed by atoms with Crippen molar-refractivity contribution >= 4 is 5.71 Å². The van der Waals surface area contributed by atoms with Crippen molar-refractivity contribution < 1.29 is 5.21 Å². The lowest BCUT2D eigenvalue weighted by Crippen LogP contribution is -2.56. The van der Waals surface area contributed by atoms with Crippen molar-refractivity contribution in [2.24, 2.45) is 57.4 Å². The van der Waals surface area contributed by atoms with Crippen molar-refractivity contribution in [2.45, 2.75) is 112 Å². The van der Waals surface area contributed by atoms with E-state index in [1.54, 1.807) is 0 Å².